The molecular weight excluding hydrogens is 296 g/mol. The summed E-state index contributed by atoms with van der Waals surface area (Å²) in [4.78, 5) is 23.4. The van der Waals surface area contributed by atoms with Crippen molar-refractivity contribution in [2.75, 3.05) is 11.9 Å². The molecule has 3 rings (SSSR count). The summed E-state index contributed by atoms with van der Waals surface area (Å²) in [5, 5.41) is 2.74. The Morgan fingerprint density at radius 3 is 2.83 bits per heavy atom. The predicted octanol–water partition coefficient (Wildman–Crippen LogP) is 2.46. The molecule has 23 heavy (non-hydrogen) atoms. The molecule has 1 amide bonds. The number of nitrogens with zero attached hydrogens (tertiary/aromatic N) is 1. The van der Waals surface area contributed by atoms with Crippen molar-refractivity contribution in [1.29, 1.82) is 0 Å². The lowest BCUT2D eigenvalue weighted by atomic mass is 10.2. The molecule has 0 aliphatic heterocycles. The molecular formula is C17H16N2O4. The summed E-state index contributed by atoms with van der Waals surface area (Å²) in [5.74, 6) is -0.0391. The van der Waals surface area contributed by atoms with Crippen molar-refractivity contribution in [1.82, 2.24) is 4.57 Å². The number of aryl methyl sites for hydroxylation is 2. The van der Waals surface area contributed by atoms with Gasteiger partial charge >= 0.3 is 5.76 Å². The van der Waals surface area contributed by atoms with E-state index in [0.717, 1.165) is 5.56 Å². The van der Waals surface area contributed by atoms with E-state index in [2.05, 4.69) is 5.32 Å². The van der Waals surface area contributed by atoms with E-state index in [4.69, 9.17) is 9.15 Å². The maximum atomic E-state index is 12.0. The van der Waals surface area contributed by atoms with E-state index >= 15 is 0 Å². The zero-order valence-corrected chi connectivity index (χ0v) is 12.8. The topological polar surface area (TPSA) is 73.5 Å². The Kier molecular flexibility index (Phi) is 3.89. The smallest absolute Gasteiger partial charge is 0.419 e. The lowest BCUT2D eigenvalue weighted by Gasteiger charge is -2.09. The largest absolute Gasteiger partial charge is 0.483 e. The molecule has 0 atom stereocenters. The number of benzene rings is 2. The van der Waals surface area contributed by atoms with Gasteiger partial charge in [-0.3, -0.25) is 9.36 Å². The molecule has 0 aliphatic carbocycles. The normalized spacial score (nSPS) is 10.7. The van der Waals surface area contributed by atoms with Gasteiger partial charge in [-0.05, 0) is 36.8 Å². The first-order valence-electron chi connectivity index (χ1n) is 7.12. The predicted molar refractivity (Wildman–Crippen MR) is 86.8 cm³/mol. The Hall–Kier alpha value is -3.02. The number of oxazole rings is 1. The van der Waals surface area contributed by atoms with Crippen molar-refractivity contribution >= 4 is 22.7 Å². The zero-order chi connectivity index (χ0) is 16.4. The first-order chi connectivity index (χ1) is 11.0. The molecule has 1 N–H and O–H groups in total. The molecule has 1 aromatic heterocycles. The fourth-order valence-electron chi connectivity index (χ4n) is 2.26. The van der Waals surface area contributed by atoms with Gasteiger partial charge in [-0.15, -0.1) is 0 Å². The highest BCUT2D eigenvalue weighted by Gasteiger charge is 2.09. The number of anilines is 1. The van der Waals surface area contributed by atoms with Crippen LogP contribution < -0.4 is 15.8 Å². The quantitative estimate of drug-likeness (QED) is 0.803. The van der Waals surface area contributed by atoms with E-state index in [-0.39, 0.29) is 12.5 Å². The molecule has 6 nitrogen and oxygen atoms in total. The van der Waals surface area contributed by atoms with Crippen molar-refractivity contribution in [2.24, 2.45) is 7.05 Å². The Balaban J connectivity index is 1.69. The second-order valence-corrected chi connectivity index (χ2v) is 5.21. The Morgan fingerprint density at radius 1 is 1.26 bits per heavy atom. The third-order valence-electron chi connectivity index (χ3n) is 3.53. The number of carbonyl (C=O) groups is 1. The number of ether oxygens (including phenoxy) is 1. The molecule has 2 aromatic carbocycles. The zero-order valence-electron chi connectivity index (χ0n) is 12.8. The number of nitrogens with one attached hydrogen (secondary N) is 1. The van der Waals surface area contributed by atoms with Crippen molar-refractivity contribution in [3.05, 3.63) is 58.6 Å². The lowest BCUT2D eigenvalue weighted by Crippen LogP contribution is -2.20. The summed E-state index contributed by atoms with van der Waals surface area (Å²) in [6.45, 7) is 1.83. The van der Waals surface area contributed by atoms with Crippen LogP contribution in [0.3, 0.4) is 0 Å². The van der Waals surface area contributed by atoms with Gasteiger partial charge in [0.2, 0.25) is 0 Å². The molecule has 0 saturated heterocycles. The van der Waals surface area contributed by atoms with Gasteiger partial charge in [0.1, 0.15) is 5.75 Å². The first-order valence-corrected chi connectivity index (χ1v) is 7.12. The third kappa shape index (κ3) is 3.11. The minimum Gasteiger partial charge on any atom is -0.483 e. The number of carbonyl (C=O) groups excluding carboxylic acids is 1. The average molecular weight is 312 g/mol. The summed E-state index contributed by atoms with van der Waals surface area (Å²) in [5.41, 5.74) is 2.64. The average Bonchev–Trinajstić information content (AvgIpc) is 2.81. The van der Waals surface area contributed by atoms with Gasteiger partial charge < -0.3 is 14.5 Å². The summed E-state index contributed by atoms with van der Waals surface area (Å²) < 4.78 is 11.9. The molecule has 0 bridgehead atoms. The van der Waals surface area contributed by atoms with Crippen LogP contribution in [-0.2, 0) is 11.8 Å². The maximum Gasteiger partial charge on any atom is 0.419 e. The SMILES string of the molecule is Cc1ccccc1OCC(=O)Nc1ccc2oc(=O)n(C)c2c1. The highest BCUT2D eigenvalue weighted by molar-refractivity contribution is 5.93. The molecule has 0 radical (unpaired) electrons. The monoisotopic (exact) mass is 312 g/mol. The van der Waals surface area contributed by atoms with Crippen molar-refractivity contribution < 1.29 is 13.9 Å². The van der Waals surface area contributed by atoms with Crippen molar-refractivity contribution in [3.63, 3.8) is 0 Å². The van der Waals surface area contributed by atoms with Gasteiger partial charge in [0.25, 0.3) is 5.91 Å². The Morgan fingerprint density at radius 2 is 2.04 bits per heavy atom. The Bertz CT molecular complexity index is 924. The molecule has 0 spiro atoms. The first kappa shape index (κ1) is 14.9. The van der Waals surface area contributed by atoms with E-state index < -0.39 is 5.76 Å². The number of rotatable bonds is 4. The van der Waals surface area contributed by atoms with E-state index in [1.807, 2.05) is 31.2 Å². The minimum atomic E-state index is -0.439. The summed E-state index contributed by atoms with van der Waals surface area (Å²) in [7, 11) is 1.61. The molecule has 3 aromatic rings. The molecule has 1 heterocycles. The highest BCUT2D eigenvalue weighted by atomic mass is 16.5. The number of fused-ring (bicyclic) bond motifs is 1. The van der Waals surface area contributed by atoms with Gasteiger partial charge in [0, 0.05) is 12.7 Å². The summed E-state index contributed by atoms with van der Waals surface area (Å²) >= 11 is 0. The van der Waals surface area contributed by atoms with Crippen LogP contribution in [0, 0.1) is 6.92 Å². The summed E-state index contributed by atoms with van der Waals surface area (Å²) in [6, 6.07) is 12.5. The molecule has 0 saturated carbocycles. The second kappa shape index (κ2) is 6.00. The van der Waals surface area contributed by atoms with E-state index in [1.54, 1.807) is 25.2 Å². The van der Waals surface area contributed by atoms with Crippen LogP contribution in [0.25, 0.3) is 11.1 Å². The van der Waals surface area contributed by atoms with Crippen LogP contribution in [0.4, 0.5) is 5.69 Å². The van der Waals surface area contributed by atoms with Crippen LogP contribution in [0.5, 0.6) is 5.75 Å². The van der Waals surface area contributed by atoms with Gasteiger partial charge in [-0.25, -0.2) is 4.79 Å². The molecule has 6 heteroatoms. The third-order valence-corrected chi connectivity index (χ3v) is 3.53. The van der Waals surface area contributed by atoms with Crippen LogP contribution in [-0.4, -0.2) is 17.1 Å². The number of aromatic nitrogens is 1. The second-order valence-electron chi connectivity index (χ2n) is 5.21. The maximum absolute atomic E-state index is 12.0. The fourth-order valence-corrected chi connectivity index (χ4v) is 2.26. The van der Waals surface area contributed by atoms with Crippen LogP contribution >= 0.6 is 0 Å². The fraction of sp³-hybridized carbons (Fsp3) is 0.176. The molecule has 0 aliphatic rings. The lowest BCUT2D eigenvalue weighted by molar-refractivity contribution is -0.118. The number of hydrogen-bond acceptors (Lipinski definition) is 4. The van der Waals surface area contributed by atoms with E-state index in [9.17, 15) is 9.59 Å². The van der Waals surface area contributed by atoms with Gasteiger partial charge in [0.15, 0.2) is 12.2 Å². The highest BCUT2D eigenvalue weighted by Crippen LogP contribution is 2.18. The molecule has 118 valence electrons. The number of hydrogen-bond donors (Lipinski definition) is 1. The van der Waals surface area contributed by atoms with Gasteiger partial charge in [0.05, 0.1) is 5.52 Å². The van der Waals surface area contributed by atoms with Crippen LogP contribution in [0.15, 0.2) is 51.7 Å². The minimum absolute atomic E-state index is 0.0901. The molecule has 0 unspecified atom stereocenters. The van der Waals surface area contributed by atoms with Gasteiger partial charge in [-0.1, -0.05) is 18.2 Å². The van der Waals surface area contributed by atoms with E-state index in [1.165, 1.54) is 4.57 Å². The number of amides is 1. The standard InChI is InChI=1S/C17H16N2O4/c1-11-5-3-4-6-14(11)22-10-16(20)18-12-7-8-15-13(9-12)19(2)17(21)23-15/h3-9H,10H2,1-2H3,(H,18,20). The van der Waals surface area contributed by atoms with Crippen LogP contribution in [0.1, 0.15) is 5.56 Å². The van der Waals surface area contributed by atoms with E-state index in [0.29, 0.717) is 22.5 Å². The van der Waals surface area contributed by atoms with Gasteiger partial charge in [-0.2, -0.15) is 0 Å². The van der Waals surface area contributed by atoms with Crippen molar-refractivity contribution in [3.8, 4) is 5.75 Å². The molecule has 0 fully saturated rings. The van der Waals surface area contributed by atoms with Crippen molar-refractivity contribution in [2.45, 2.75) is 6.92 Å². The number of para-hydroxylation sites is 1. The Labute approximate surface area is 132 Å². The summed E-state index contributed by atoms with van der Waals surface area (Å²) in [6.07, 6.45) is 0. The van der Waals surface area contributed by atoms with Crippen LogP contribution in [0.2, 0.25) is 0 Å².